The molecule has 1 heterocycles. The summed E-state index contributed by atoms with van der Waals surface area (Å²) in [6.07, 6.45) is -1.26. The number of benzene rings is 2. The van der Waals surface area contributed by atoms with Gasteiger partial charge in [-0.2, -0.15) is 18.3 Å². The summed E-state index contributed by atoms with van der Waals surface area (Å²) < 4.78 is 45.0. The van der Waals surface area contributed by atoms with E-state index in [0.29, 0.717) is 6.07 Å². The zero-order valence-corrected chi connectivity index (χ0v) is 16.0. The Kier molecular flexibility index (Phi) is 6.40. The smallest absolute Gasteiger partial charge is 0.416 e. The zero-order chi connectivity index (χ0) is 21.7. The van der Waals surface area contributed by atoms with E-state index in [9.17, 15) is 28.1 Å². The summed E-state index contributed by atoms with van der Waals surface area (Å²) in [5.41, 5.74) is -0.276. The van der Waals surface area contributed by atoms with Crippen LogP contribution >= 0.6 is 11.8 Å². The topological polar surface area (TPSA) is 87.3 Å². The Balaban J connectivity index is 1.56. The summed E-state index contributed by atoms with van der Waals surface area (Å²) in [5, 5.41) is 15.2. The Morgan fingerprint density at radius 3 is 2.53 bits per heavy atom. The van der Waals surface area contributed by atoms with Crippen molar-refractivity contribution in [3.8, 4) is 5.69 Å². The molecule has 0 N–H and O–H groups in total. The highest BCUT2D eigenvalue weighted by molar-refractivity contribution is 8.00. The number of thioether (sulfide) groups is 1. The second-order valence-corrected chi connectivity index (χ2v) is 7.02. The fourth-order valence-corrected chi connectivity index (χ4v) is 3.27. The maximum atomic E-state index is 12.7. The van der Waals surface area contributed by atoms with Crippen LogP contribution in [0.3, 0.4) is 0 Å². The molecule has 0 atom stereocenters. The molecule has 11 heteroatoms. The van der Waals surface area contributed by atoms with Crippen LogP contribution in [0.25, 0.3) is 5.69 Å². The van der Waals surface area contributed by atoms with Crippen LogP contribution in [-0.4, -0.2) is 26.4 Å². The molecule has 1 aromatic heterocycles. The Morgan fingerprint density at radius 2 is 1.93 bits per heavy atom. The molecule has 7 nitrogen and oxygen atoms in total. The van der Waals surface area contributed by atoms with Gasteiger partial charge in [-0.15, -0.1) is 11.8 Å². The van der Waals surface area contributed by atoms with Crippen molar-refractivity contribution in [2.75, 3.05) is 5.75 Å². The van der Waals surface area contributed by atoms with Crippen molar-refractivity contribution in [3.05, 3.63) is 82.2 Å². The van der Waals surface area contributed by atoms with Gasteiger partial charge in [-0.1, -0.05) is 12.1 Å². The van der Waals surface area contributed by atoms with Crippen LogP contribution in [0.5, 0.6) is 0 Å². The van der Waals surface area contributed by atoms with Crippen molar-refractivity contribution in [1.82, 2.24) is 9.78 Å². The molecule has 0 saturated heterocycles. The van der Waals surface area contributed by atoms with Gasteiger partial charge in [-0.3, -0.25) is 14.9 Å². The van der Waals surface area contributed by atoms with Crippen LogP contribution in [0.15, 0.2) is 65.8 Å². The molecule has 3 rings (SSSR count). The summed E-state index contributed by atoms with van der Waals surface area (Å²) in [7, 11) is 0. The molecule has 0 fully saturated rings. The lowest BCUT2D eigenvalue weighted by molar-refractivity contribution is -0.388. The molecule has 30 heavy (non-hydrogen) atoms. The quantitative estimate of drug-likeness (QED) is 0.232. The number of carbonyl (C=O) groups excluding carboxylic acids is 1. The summed E-state index contributed by atoms with van der Waals surface area (Å²) in [5.74, 6) is -0.928. The van der Waals surface area contributed by atoms with Gasteiger partial charge in [0.25, 0.3) is 5.69 Å². The minimum atomic E-state index is -4.69. The Labute approximate surface area is 172 Å². The highest BCUT2D eigenvalue weighted by Crippen LogP contribution is 2.36. The molecule has 156 valence electrons. The Hall–Kier alpha value is -3.34. The molecular weight excluding hydrogens is 423 g/mol. The largest absolute Gasteiger partial charge is 0.460 e. The van der Waals surface area contributed by atoms with Gasteiger partial charge in [-0.05, 0) is 35.9 Å². The average molecular weight is 437 g/mol. The van der Waals surface area contributed by atoms with Gasteiger partial charge in [0, 0.05) is 18.5 Å². The fraction of sp³-hybridized carbons (Fsp3) is 0.158. The van der Waals surface area contributed by atoms with Crippen molar-refractivity contribution in [2.24, 2.45) is 0 Å². The number of hydrogen-bond acceptors (Lipinski definition) is 6. The molecular formula is C19H14F3N3O4S. The predicted octanol–water partition coefficient (Wildman–Crippen LogP) is 4.63. The van der Waals surface area contributed by atoms with E-state index in [0.717, 1.165) is 35.1 Å². The van der Waals surface area contributed by atoms with Crippen LogP contribution in [-0.2, 0) is 22.3 Å². The van der Waals surface area contributed by atoms with Gasteiger partial charge in [0.2, 0.25) is 0 Å². The van der Waals surface area contributed by atoms with Crippen LogP contribution in [0, 0.1) is 10.1 Å². The minimum Gasteiger partial charge on any atom is -0.460 e. The van der Waals surface area contributed by atoms with E-state index >= 15 is 0 Å². The molecule has 3 aromatic rings. The first kappa shape index (κ1) is 21.4. The number of ether oxygens (including phenoxy) is 1. The monoisotopic (exact) mass is 437 g/mol. The molecule has 0 unspecified atom stereocenters. The van der Waals surface area contributed by atoms with Crippen LogP contribution < -0.4 is 0 Å². The van der Waals surface area contributed by atoms with Gasteiger partial charge in [-0.25, -0.2) is 4.68 Å². The Bertz CT molecular complexity index is 1040. The van der Waals surface area contributed by atoms with E-state index in [4.69, 9.17) is 4.74 Å². The van der Waals surface area contributed by atoms with Crippen molar-refractivity contribution in [3.63, 3.8) is 0 Å². The van der Waals surface area contributed by atoms with Gasteiger partial charge >= 0.3 is 12.1 Å². The summed E-state index contributed by atoms with van der Waals surface area (Å²) >= 11 is 0.744. The van der Waals surface area contributed by atoms with E-state index < -0.39 is 28.3 Å². The molecule has 0 aliphatic heterocycles. The van der Waals surface area contributed by atoms with Gasteiger partial charge in [0.15, 0.2) is 0 Å². The number of alkyl halides is 3. The number of nitro groups is 1. The van der Waals surface area contributed by atoms with E-state index in [1.165, 1.54) is 0 Å². The number of carbonyl (C=O) groups is 1. The van der Waals surface area contributed by atoms with Gasteiger partial charge < -0.3 is 4.74 Å². The van der Waals surface area contributed by atoms with E-state index in [1.54, 1.807) is 47.4 Å². The van der Waals surface area contributed by atoms with Crippen LogP contribution in [0.2, 0.25) is 0 Å². The first-order chi connectivity index (χ1) is 14.2. The van der Waals surface area contributed by atoms with Crippen LogP contribution in [0.4, 0.5) is 18.9 Å². The number of aromatic nitrogens is 2. The van der Waals surface area contributed by atoms with E-state index in [-0.39, 0.29) is 17.3 Å². The lowest BCUT2D eigenvalue weighted by atomic mass is 10.2. The number of nitrogens with zero attached hydrogens (tertiary/aromatic N) is 3. The third-order valence-corrected chi connectivity index (χ3v) is 4.97. The van der Waals surface area contributed by atoms with E-state index in [2.05, 4.69) is 5.10 Å². The predicted molar refractivity (Wildman–Crippen MR) is 102 cm³/mol. The van der Waals surface area contributed by atoms with Crippen LogP contribution in [0.1, 0.15) is 11.1 Å². The van der Waals surface area contributed by atoms with Crippen molar-refractivity contribution in [1.29, 1.82) is 0 Å². The molecule has 0 amide bonds. The second-order valence-electron chi connectivity index (χ2n) is 6.00. The van der Waals surface area contributed by atoms with Crippen molar-refractivity contribution >= 4 is 23.4 Å². The standard InChI is InChI=1S/C19H14F3N3O4S/c20-19(21,22)14-4-7-17(16(10-14)25(27)28)30-12-18(26)29-11-13-2-5-15(6-3-13)24-9-1-8-23-24/h1-10H,11-12H2. The zero-order valence-electron chi connectivity index (χ0n) is 15.2. The normalized spacial score (nSPS) is 11.3. The maximum absolute atomic E-state index is 12.7. The second kappa shape index (κ2) is 8.99. The third-order valence-electron chi connectivity index (χ3n) is 3.93. The summed E-state index contributed by atoms with van der Waals surface area (Å²) in [6, 6.07) is 11.1. The highest BCUT2D eigenvalue weighted by atomic mass is 32.2. The average Bonchev–Trinajstić information content (AvgIpc) is 3.25. The molecule has 0 aliphatic carbocycles. The number of hydrogen-bond donors (Lipinski definition) is 0. The number of halogens is 3. The number of nitro benzene ring substituents is 1. The van der Waals surface area contributed by atoms with Gasteiger partial charge in [0.05, 0.1) is 26.8 Å². The van der Waals surface area contributed by atoms with Crippen molar-refractivity contribution < 1.29 is 27.6 Å². The molecule has 0 saturated carbocycles. The number of esters is 1. The third kappa shape index (κ3) is 5.38. The Morgan fingerprint density at radius 1 is 1.20 bits per heavy atom. The molecule has 2 aromatic carbocycles. The number of rotatable bonds is 7. The first-order valence-electron chi connectivity index (χ1n) is 8.47. The lowest BCUT2D eigenvalue weighted by Gasteiger charge is -2.09. The maximum Gasteiger partial charge on any atom is 0.416 e. The first-order valence-corrected chi connectivity index (χ1v) is 9.45. The summed E-state index contributed by atoms with van der Waals surface area (Å²) in [6.45, 7) is -0.00607. The SMILES string of the molecule is O=C(CSc1ccc(C(F)(F)F)cc1[N+](=O)[O-])OCc1ccc(-n2cccn2)cc1. The fourth-order valence-electron chi connectivity index (χ4n) is 2.47. The lowest BCUT2D eigenvalue weighted by Crippen LogP contribution is -2.08. The van der Waals surface area contributed by atoms with Crippen molar-refractivity contribution in [2.45, 2.75) is 17.7 Å². The minimum absolute atomic E-state index is 0.00607. The van der Waals surface area contributed by atoms with Gasteiger partial charge in [0.1, 0.15) is 6.61 Å². The molecule has 0 bridgehead atoms. The summed E-state index contributed by atoms with van der Waals surface area (Å²) in [4.78, 5) is 22.1. The highest BCUT2D eigenvalue weighted by Gasteiger charge is 2.33. The van der Waals surface area contributed by atoms with E-state index in [1.807, 2.05) is 0 Å². The molecule has 0 spiro atoms. The molecule has 0 aliphatic rings. The molecule has 0 radical (unpaired) electrons.